The van der Waals surface area contributed by atoms with Gasteiger partial charge in [-0.25, -0.2) is 9.37 Å². The average Bonchev–Trinajstić information content (AvgIpc) is 3.46. The summed E-state index contributed by atoms with van der Waals surface area (Å²) in [5, 5.41) is 8.20. The number of halogens is 2. The summed E-state index contributed by atoms with van der Waals surface area (Å²) in [7, 11) is 1.57. The Hall–Kier alpha value is -5.48. The largest absolute Gasteiger partial charge is 0.496 e. The molecule has 2 heterocycles. The zero-order valence-corrected chi connectivity index (χ0v) is 23.3. The van der Waals surface area contributed by atoms with Crippen molar-refractivity contribution in [3.8, 4) is 23.1 Å². The molecule has 1 N–H and O–H groups in total. The van der Waals surface area contributed by atoms with Crippen LogP contribution in [-0.4, -0.2) is 35.5 Å². The van der Waals surface area contributed by atoms with Gasteiger partial charge >= 0.3 is 0 Å². The number of aromatic nitrogens is 2. The molecule has 0 radical (unpaired) electrons. The lowest BCUT2D eigenvalue weighted by atomic mass is 10.2. The van der Waals surface area contributed by atoms with Crippen molar-refractivity contribution in [1.82, 2.24) is 9.66 Å². The predicted molar refractivity (Wildman–Crippen MR) is 163 cm³/mol. The van der Waals surface area contributed by atoms with E-state index in [-0.39, 0.29) is 28.9 Å². The third-order valence-electron chi connectivity index (χ3n) is 6.50. The van der Waals surface area contributed by atoms with Gasteiger partial charge in [-0.1, -0.05) is 41.9 Å². The summed E-state index contributed by atoms with van der Waals surface area (Å²) in [5.41, 5.74) is 1.26. The first-order valence-electron chi connectivity index (χ1n) is 13.0. The molecule has 6 aromatic rings. The van der Waals surface area contributed by atoms with Crippen LogP contribution >= 0.6 is 11.6 Å². The van der Waals surface area contributed by atoms with E-state index in [1.54, 1.807) is 73.8 Å². The Kier molecular flexibility index (Phi) is 7.59. The van der Waals surface area contributed by atoms with E-state index in [4.69, 9.17) is 25.5 Å². The van der Waals surface area contributed by atoms with Crippen LogP contribution in [0.25, 0.3) is 33.5 Å². The maximum absolute atomic E-state index is 13.8. The van der Waals surface area contributed by atoms with Crippen molar-refractivity contribution in [3.05, 3.63) is 118 Å². The summed E-state index contributed by atoms with van der Waals surface area (Å²) in [5.74, 6) is 0.281. The van der Waals surface area contributed by atoms with Crippen LogP contribution in [0.1, 0.15) is 5.56 Å². The van der Waals surface area contributed by atoms with Gasteiger partial charge in [-0.15, -0.1) is 0 Å². The van der Waals surface area contributed by atoms with Gasteiger partial charge in [0.25, 0.3) is 11.5 Å². The van der Waals surface area contributed by atoms with Gasteiger partial charge in [0.2, 0.25) is 5.82 Å². The molecule has 0 aliphatic carbocycles. The number of ether oxygens (including phenoxy) is 2. The zero-order chi connectivity index (χ0) is 29.9. The number of nitrogens with one attached hydrogen (secondary N) is 1. The van der Waals surface area contributed by atoms with E-state index < -0.39 is 17.3 Å². The highest BCUT2D eigenvalue weighted by atomic mass is 35.5. The molecular weight excluding hydrogens is 575 g/mol. The van der Waals surface area contributed by atoms with Gasteiger partial charge in [0.1, 0.15) is 22.9 Å². The molecule has 0 spiro atoms. The lowest BCUT2D eigenvalue weighted by Crippen LogP contribution is -2.21. The molecule has 4 aromatic carbocycles. The number of methoxy groups -OCH3 is 1. The van der Waals surface area contributed by atoms with Crippen LogP contribution in [0.4, 0.5) is 10.1 Å². The van der Waals surface area contributed by atoms with Crippen molar-refractivity contribution >= 4 is 51.3 Å². The maximum atomic E-state index is 13.8. The molecule has 0 unspecified atom stereocenters. The Morgan fingerprint density at radius 2 is 1.84 bits per heavy atom. The average molecular weight is 597 g/mol. The fourth-order valence-electron chi connectivity index (χ4n) is 4.44. The van der Waals surface area contributed by atoms with Gasteiger partial charge in [-0.05, 0) is 66.2 Å². The van der Waals surface area contributed by atoms with Gasteiger partial charge in [0.15, 0.2) is 12.4 Å². The SMILES string of the molecule is COc1cccc2oc(-c3nc4ccccc4c(=O)n3N=Cc3ccc(OCC(=O)Nc4ccccc4F)c(Cl)c3)cc12. The third-order valence-corrected chi connectivity index (χ3v) is 6.80. The van der Waals surface area contributed by atoms with E-state index in [2.05, 4.69) is 15.4 Å². The number of para-hydroxylation sites is 2. The minimum absolute atomic E-state index is 0.0494. The van der Waals surface area contributed by atoms with E-state index >= 15 is 0 Å². The van der Waals surface area contributed by atoms with Crippen molar-refractivity contribution in [1.29, 1.82) is 0 Å². The van der Waals surface area contributed by atoms with Crippen molar-refractivity contribution in [2.75, 3.05) is 19.0 Å². The van der Waals surface area contributed by atoms with Gasteiger partial charge in [-0.3, -0.25) is 9.59 Å². The van der Waals surface area contributed by atoms with E-state index in [0.717, 1.165) is 10.1 Å². The Morgan fingerprint density at radius 1 is 1.02 bits per heavy atom. The summed E-state index contributed by atoms with van der Waals surface area (Å²) in [4.78, 5) is 30.4. The number of anilines is 1. The topological polar surface area (TPSA) is 108 Å². The highest BCUT2D eigenvalue weighted by Gasteiger charge is 2.18. The van der Waals surface area contributed by atoms with Gasteiger partial charge in [0, 0.05) is 0 Å². The molecule has 1 amide bonds. The minimum Gasteiger partial charge on any atom is -0.496 e. The van der Waals surface area contributed by atoms with Crippen molar-refractivity contribution in [2.45, 2.75) is 0 Å². The molecule has 0 aliphatic rings. The molecule has 0 aliphatic heterocycles. The number of furan rings is 1. The van der Waals surface area contributed by atoms with E-state index in [9.17, 15) is 14.0 Å². The van der Waals surface area contributed by atoms with Crippen LogP contribution in [0.2, 0.25) is 5.02 Å². The Labute approximate surface area is 248 Å². The Bertz CT molecular complexity index is 2090. The summed E-state index contributed by atoms with van der Waals surface area (Å²) >= 11 is 6.40. The monoisotopic (exact) mass is 596 g/mol. The van der Waals surface area contributed by atoms with Crippen LogP contribution < -0.4 is 20.3 Å². The van der Waals surface area contributed by atoms with E-state index in [1.165, 1.54) is 24.4 Å². The quantitative estimate of drug-likeness (QED) is 0.201. The van der Waals surface area contributed by atoms with Crippen LogP contribution in [-0.2, 0) is 4.79 Å². The molecule has 6 rings (SSSR count). The molecule has 0 saturated carbocycles. The smallest absolute Gasteiger partial charge is 0.282 e. The van der Waals surface area contributed by atoms with Crippen molar-refractivity contribution < 1.29 is 23.1 Å². The van der Waals surface area contributed by atoms with Gasteiger partial charge in [-0.2, -0.15) is 9.78 Å². The number of benzene rings is 4. The molecule has 0 atom stereocenters. The first-order valence-corrected chi connectivity index (χ1v) is 13.4. The molecule has 0 saturated heterocycles. The summed E-state index contributed by atoms with van der Waals surface area (Å²) < 4.78 is 32.0. The van der Waals surface area contributed by atoms with Gasteiger partial charge < -0.3 is 19.2 Å². The summed E-state index contributed by atoms with van der Waals surface area (Å²) in [6.07, 6.45) is 1.45. The molecule has 0 fully saturated rings. The molecule has 214 valence electrons. The standard InChI is InChI=1S/C32H22ClFN4O5/c1-41-26-11-6-12-27-21(26)16-29(43-27)31-37-24-9-4-2-7-20(24)32(40)38(31)35-17-19-13-14-28(22(33)15-19)42-18-30(39)36-25-10-5-3-8-23(25)34/h2-17H,18H2,1H3,(H,36,39). The number of rotatable bonds is 8. The van der Waals surface area contributed by atoms with E-state index in [1.807, 2.05) is 6.07 Å². The van der Waals surface area contributed by atoms with Crippen LogP contribution in [0, 0.1) is 5.82 Å². The molecule has 11 heteroatoms. The Morgan fingerprint density at radius 3 is 2.65 bits per heavy atom. The van der Waals surface area contributed by atoms with Crippen LogP contribution in [0.3, 0.4) is 0 Å². The van der Waals surface area contributed by atoms with Gasteiger partial charge in [0.05, 0.1) is 40.3 Å². The molecule has 9 nitrogen and oxygen atoms in total. The minimum atomic E-state index is -0.554. The fraction of sp³-hybridized carbons (Fsp3) is 0.0625. The number of amides is 1. The molecule has 2 aromatic heterocycles. The Balaban J connectivity index is 1.28. The lowest BCUT2D eigenvalue weighted by Gasteiger charge is -2.10. The number of carbonyl (C=O) groups excluding carboxylic acids is 1. The first-order chi connectivity index (χ1) is 20.9. The highest BCUT2D eigenvalue weighted by Crippen LogP contribution is 2.33. The molecule has 0 bridgehead atoms. The number of carbonyl (C=O) groups is 1. The summed E-state index contributed by atoms with van der Waals surface area (Å²) in [6, 6.07) is 24.7. The fourth-order valence-corrected chi connectivity index (χ4v) is 4.69. The summed E-state index contributed by atoms with van der Waals surface area (Å²) in [6.45, 7) is -0.384. The second-order valence-corrected chi connectivity index (χ2v) is 9.71. The third kappa shape index (κ3) is 5.68. The predicted octanol–water partition coefficient (Wildman–Crippen LogP) is 6.51. The normalized spacial score (nSPS) is 11.3. The van der Waals surface area contributed by atoms with E-state index in [0.29, 0.717) is 33.6 Å². The number of fused-ring (bicyclic) bond motifs is 2. The highest BCUT2D eigenvalue weighted by molar-refractivity contribution is 6.32. The maximum Gasteiger partial charge on any atom is 0.282 e. The zero-order valence-electron chi connectivity index (χ0n) is 22.6. The second-order valence-electron chi connectivity index (χ2n) is 9.30. The molecular formula is C32H22ClFN4O5. The van der Waals surface area contributed by atoms with Crippen LogP contribution in [0.5, 0.6) is 11.5 Å². The number of hydrogen-bond donors (Lipinski definition) is 1. The number of hydrogen-bond acceptors (Lipinski definition) is 7. The lowest BCUT2D eigenvalue weighted by molar-refractivity contribution is -0.118. The first kappa shape index (κ1) is 27.7. The number of nitrogens with zero attached hydrogens (tertiary/aromatic N) is 3. The van der Waals surface area contributed by atoms with Crippen LogP contribution in [0.15, 0.2) is 105 Å². The van der Waals surface area contributed by atoms with Crippen molar-refractivity contribution in [2.24, 2.45) is 5.10 Å². The van der Waals surface area contributed by atoms with Crippen molar-refractivity contribution in [3.63, 3.8) is 0 Å². The molecule has 43 heavy (non-hydrogen) atoms. The second kappa shape index (κ2) is 11.8.